The minimum atomic E-state index is -3.32. The van der Waals surface area contributed by atoms with E-state index in [9.17, 15) is 8.42 Å². The van der Waals surface area contributed by atoms with Crippen LogP contribution in [0.1, 0.15) is 0 Å². The van der Waals surface area contributed by atoms with Crippen molar-refractivity contribution in [3.8, 4) is 0 Å². The molecular weight excluding hydrogens is 206 g/mol. The van der Waals surface area contributed by atoms with Gasteiger partial charge in [0.15, 0.2) is 9.84 Å². The van der Waals surface area contributed by atoms with E-state index in [1.807, 2.05) is 0 Å². The molecule has 7 heteroatoms. The summed E-state index contributed by atoms with van der Waals surface area (Å²) in [6.45, 7) is 0. The van der Waals surface area contributed by atoms with Crippen molar-refractivity contribution in [3.63, 3.8) is 0 Å². The first-order valence-electron chi connectivity index (χ1n) is 3.65. The van der Waals surface area contributed by atoms with E-state index in [1.54, 1.807) is 0 Å². The summed E-state index contributed by atoms with van der Waals surface area (Å²) in [5, 5.41) is 9.21. The SMILES string of the molecule is CS(=O)(=O)c1ccc(N)c(N(N)O)c1. The fourth-order valence-corrected chi connectivity index (χ4v) is 1.59. The molecule has 1 aromatic carbocycles. The van der Waals surface area contributed by atoms with Crippen LogP contribution in [0.3, 0.4) is 0 Å². The van der Waals surface area contributed by atoms with Gasteiger partial charge in [0.05, 0.1) is 10.6 Å². The molecule has 1 aromatic rings. The highest BCUT2D eigenvalue weighted by Gasteiger charge is 2.11. The minimum absolute atomic E-state index is 0.0474. The van der Waals surface area contributed by atoms with E-state index in [1.165, 1.54) is 18.2 Å². The van der Waals surface area contributed by atoms with E-state index in [2.05, 4.69) is 0 Å². The second-order valence-corrected chi connectivity index (χ2v) is 4.85. The Bertz CT molecular complexity index is 441. The average Bonchev–Trinajstić information content (AvgIpc) is 2.02. The molecule has 0 bridgehead atoms. The van der Waals surface area contributed by atoms with Crippen LogP contribution in [0.4, 0.5) is 11.4 Å². The van der Waals surface area contributed by atoms with Crippen LogP contribution in [0.25, 0.3) is 0 Å². The van der Waals surface area contributed by atoms with Crippen LogP contribution >= 0.6 is 0 Å². The standard InChI is InChI=1S/C7H11N3O3S/c1-14(12,13)5-2-3-6(8)7(4-5)10(9)11/h2-4,11H,8-9H2,1H3. The van der Waals surface area contributed by atoms with Gasteiger partial charge < -0.3 is 5.73 Å². The number of sulfone groups is 1. The summed E-state index contributed by atoms with van der Waals surface area (Å²) in [7, 11) is -3.32. The van der Waals surface area contributed by atoms with E-state index in [0.29, 0.717) is 0 Å². The highest BCUT2D eigenvalue weighted by Crippen LogP contribution is 2.23. The number of nitrogens with zero attached hydrogens (tertiary/aromatic N) is 1. The van der Waals surface area contributed by atoms with Crippen LogP contribution in [0.2, 0.25) is 0 Å². The maximum Gasteiger partial charge on any atom is 0.175 e. The summed E-state index contributed by atoms with van der Waals surface area (Å²) >= 11 is 0. The monoisotopic (exact) mass is 217 g/mol. The first-order valence-corrected chi connectivity index (χ1v) is 5.55. The van der Waals surface area contributed by atoms with Crippen molar-refractivity contribution >= 4 is 21.2 Å². The molecular formula is C7H11N3O3S. The second kappa shape index (κ2) is 3.45. The van der Waals surface area contributed by atoms with Gasteiger partial charge in [0, 0.05) is 6.26 Å². The number of hydrogen-bond acceptors (Lipinski definition) is 6. The normalized spacial score (nSPS) is 11.4. The van der Waals surface area contributed by atoms with Gasteiger partial charge in [-0.3, -0.25) is 5.21 Å². The lowest BCUT2D eigenvalue weighted by Gasteiger charge is -2.13. The fraction of sp³-hybridized carbons (Fsp3) is 0.143. The molecule has 0 heterocycles. The Labute approximate surface area is 81.6 Å². The first-order chi connectivity index (χ1) is 6.32. The van der Waals surface area contributed by atoms with Gasteiger partial charge >= 0.3 is 0 Å². The molecule has 0 aromatic heterocycles. The molecule has 5 N–H and O–H groups in total. The molecule has 0 fully saturated rings. The zero-order chi connectivity index (χ0) is 10.9. The molecule has 6 nitrogen and oxygen atoms in total. The van der Waals surface area contributed by atoms with Crippen molar-refractivity contribution < 1.29 is 13.6 Å². The summed E-state index contributed by atoms with van der Waals surface area (Å²) in [4.78, 5) is 0.0474. The number of nitrogens with two attached hydrogens (primary N) is 2. The molecule has 0 radical (unpaired) electrons. The largest absolute Gasteiger partial charge is 0.397 e. The molecule has 0 aliphatic rings. The maximum absolute atomic E-state index is 11.1. The molecule has 0 saturated carbocycles. The van der Waals surface area contributed by atoms with Gasteiger partial charge in [-0.2, -0.15) is 5.17 Å². The Hall–Kier alpha value is -1.31. The van der Waals surface area contributed by atoms with Gasteiger partial charge in [0.2, 0.25) is 0 Å². The molecule has 0 amide bonds. The zero-order valence-corrected chi connectivity index (χ0v) is 8.32. The molecule has 0 aliphatic heterocycles. The van der Waals surface area contributed by atoms with E-state index in [4.69, 9.17) is 16.8 Å². The van der Waals surface area contributed by atoms with Crippen LogP contribution < -0.4 is 16.7 Å². The summed E-state index contributed by atoms with van der Waals surface area (Å²) in [5.74, 6) is 5.04. The van der Waals surface area contributed by atoms with Gasteiger partial charge in [-0.05, 0) is 18.2 Å². The van der Waals surface area contributed by atoms with Gasteiger partial charge in [-0.25, -0.2) is 14.3 Å². The van der Waals surface area contributed by atoms with Crippen molar-refractivity contribution in [1.82, 2.24) is 0 Å². The predicted molar refractivity (Wildman–Crippen MR) is 52.4 cm³/mol. The predicted octanol–water partition coefficient (Wildman–Crippen LogP) is -0.258. The van der Waals surface area contributed by atoms with Gasteiger partial charge in [0.25, 0.3) is 0 Å². The van der Waals surface area contributed by atoms with E-state index in [0.717, 1.165) is 6.26 Å². The molecule has 0 atom stereocenters. The summed E-state index contributed by atoms with van der Waals surface area (Å²) in [6.07, 6.45) is 1.06. The molecule has 14 heavy (non-hydrogen) atoms. The van der Waals surface area contributed by atoms with E-state index < -0.39 is 9.84 Å². The molecule has 1 rings (SSSR count). The van der Waals surface area contributed by atoms with Crippen molar-refractivity contribution in [3.05, 3.63) is 18.2 Å². The Morgan fingerprint density at radius 3 is 2.43 bits per heavy atom. The quantitative estimate of drug-likeness (QED) is 0.358. The summed E-state index contributed by atoms with van der Waals surface area (Å²) < 4.78 is 22.3. The fourth-order valence-electron chi connectivity index (χ4n) is 0.953. The Kier molecular flexibility index (Phi) is 2.65. The van der Waals surface area contributed by atoms with Crippen LogP contribution in [-0.4, -0.2) is 19.9 Å². The second-order valence-electron chi connectivity index (χ2n) is 2.84. The van der Waals surface area contributed by atoms with Crippen LogP contribution in [0, 0.1) is 0 Å². The van der Waals surface area contributed by atoms with Gasteiger partial charge in [-0.1, -0.05) is 0 Å². The number of benzene rings is 1. The number of hydrazine groups is 1. The topological polar surface area (TPSA) is 110 Å². The lowest BCUT2D eigenvalue weighted by molar-refractivity contribution is 0.258. The smallest absolute Gasteiger partial charge is 0.175 e. The highest BCUT2D eigenvalue weighted by molar-refractivity contribution is 7.90. The molecule has 0 saturated heterocycles. The summed E-state index contributed by atoms with van der Waals surface area (Å²) in [6, 6.07) is 3.91. The third-order valence-corrected chi connectivity index (χ3v) is 2.79. The average molecular weight is 217 g/mol. The third-order valence-electron chi connectivity index (χ3n) is 1.68. The van der Waals surface area contributed by atoms with E-state index in [-0.39, 0.29) is 21.4 Å². The van der Waals surface area contributed by atoms with Crippen molar-refractivity contribution in [2.75, 3.05) is 17.2 Å². The van der Waals surface area contributed by atoms with Crippen LogP contribution in [-0.2, 0) is 9.84 Å². The van der Waals surface area contributed by atoms with Gasteiger partial charge in [-0.15, -0.1) is 0 Å². The number of anilines is 2. The summed E-state index contributed by atoms with van der Waals surface area (Å²) in [5.41, 5.74) is 5.70. The molecule has 0 spiro atoms. The molecule has 78 valence electrons. The third kappa shape index (κ3) is 2.13. The van der Waals surface area contributed by atoms with Crippen molar-refractivity contribution in [2.24, 2.45) is 5.84 Å². The Balaban J connectivity index is 3.34. The van der Waals surface area contributed by atoms with Crippen LogP contribution in [0.5, 0.6) is 0 Å². The zero-order valence-electron chi connectivity index (χ0n) is 7.51. The molecule has 0 unspecified atom stereocenters. The van der Waals surface area contributed by atoms with Gasteiger partial charge in [0.1, 0.15) is 5.69 Å². The van der Waals surface area contributed by atoms with E-state index >= 15 is 0 Å². The highest BCUT2D eigenvalue weighted by atomic mass is 32.2. The van der Waals surface area contributed by atoms with Crippen LogP contribution in [0.15, 0.2) is 23.1 Å². The van der Waals surface area contributed by atoms with Crippen molar-refractivity contribution in [1.29, 1.82) is 0 Å². The minimum Gasteiger partial charge on any atom is -0.397 e. The maximum atomic E-state index is 11.1. The Morgan fingerprint density at radius 2 is 2.00 bits per heavy atom. The lowest BCUT2D eigenvalue weighted by atomic mass is 10.3. The van der Waals surface area contributed by atoms with Crippen molar-refractivity contribution in [2.45, 2.75) is 4.90 Å². The number of hydrogen-bond donors (Lipinski definition) is 3. The number of nitrogen functional groups attached to an aromatic ring is 1. The lowest BCUT2D eigenvalue weighted by Crippen LogP contribution is -2.27. The number of rotatable bonds is 2. The Morgan fingerprint density at radius 1 is 1.43 bits per heavy atom. The first kappa shape index (κ1) is 10.8. The molecule has 0 aliphatic carbocycles.